The number of alkyl halides is 2. The molecule has 1 aromatic carbocycles. The third-order valence-electron chi connectivity index (χ3n) is 2.87. The zero-order valence-corrected chi connectivity index (χ0v) is 11.4. The number of halogens is 3. The van der Waals surface area contributed by atoms with Crippen LogP contribution in [0.15, 0.2) is 18.2 Å². The number of para-hydroxylation sites is 1. The smallest absolute Gasteiger partial charge is 0.255 e. The first-order chi connectivity index (χ1) is 8.45. The molecule has 2 nitrogen and oxygen atoms in total. The highest BCUT2D eigenvalue weighted by Crippen LogP contribution is 2.30. The number of benzene rings is 1. The second-order valence-corrected chi connectivity index (χ2v) is 4.80. The molecule has 0 heterocycles. The molecule has 0 fully saturated rings. The number of hydrogen-bond acceptors (Lipinski definition) is 2. The van der Waals surface area contributed by atoms with Crippen molar-refractivity contribution in [2.24, 2.45) is 5.73 Å². The van der Waals surface area contributed by atoms with Crippen LogP contribution in [0, 0.1) is 0 Å². The second-order valence-electron chi connectivity index (χ2n) is 4.39. The molecular weight excluding hydrogens is 258 g/mol. The molecule has 0 saturated heterocycles. The van der Waals surface area contributed by atoms with Crippen molar-refractivity contribution in [2.45, 2.75) is 32.2 Å². The van der Waals surface area contributed by atoms with Crippen molar-refractivity contribution in [1.29, 1.82) is 0 Å². The largest absolute Gasteiger partial charge is 0.367 e. The summed E-state index contributed by atoms with van der Waals surface area (Å²) in [4.78, 5) is 1.49. The molecule has 0 aliphatic carbocycles. The number of anilines is 1. The van der Waals surface area contributed by atoms with Gasteiger partial charge in [0.1, 0.15) is 0 Å². The van der Waals surface area contributed by atoms with Crippen molar-refractivity contribution in [1.82, 2.24) is 0 Å². The summed E-state index contributed by atoms with van der Waals surface area (Å²) in [5.41, 5.74) is 7.49. The zero-order chi connectivity index (χ0) is 13.7. The Morgan fingerprint density at radius 2 is 2.06 bits per heavy atom. The van der Waals surface area contributed by atoms with E-state index in [-0.39, 0.29) is 12.6 Å². The normalized spacial score (nSPS) is 12.8. The minimum atomic E-state index is -2.39. The number of rotatable bonds is 6. The maximum atomic E-state index is 12.5. The summed E-state index contributed by atoms with van der Waals surface area (Å²) in [6.45, 7) is 1.66. The van der Waals surface area contributed by atoms with Gasteiger partial charge in [0, 0.05) is 13.1 Å². The lowest BCUT2D eigenvalue weighted by atomic mass is 10.0. The minimum Gasteiger partial charge on any atom is -0.367 e. The van der Waals surface area contributed by atoms with Crippen LogP contribution in [0.25, 0.3) is 0 Å². The third kappa shape index (κ3) is 4.10. The SMILES string of the molecule is CCC(N)Cc1cccc(Cl)c1N(C)CC(F)F. The molecule has 0 aliphatic rings. The fraction of sp³-hybridized carbons (Fsp3) is 0.538. The van der Waals surface area contributed by atoms with Gasteiger partial charge in [-0.15, -0.1) is 0 Å². The summed E-state index contributed by atoms with van der Waals surface area (Å²) in [7, 11) is 1.62. The van der Waals surface area contributed by atoms with Gasteiger partial charge in [-0.2, -0.15) is 0 Å². The van der Waals surface area contributed by atoms with Crippen molar-refractivity contribution in [3.8, 4) is 0 Å². The second kappa shape index (κ2) is 6.90. The van der Waals surface area contributed by atoms with Gasteiger partial charge in [0.05, 0.1) is 17.3 Å². The molecule has 0 spiro atoms. The first-order valence-electron chi connectivity index (χ1n) is 5.98. The average Bonchev–Trinajstić information content (AvgIpc) is 2.27. The molecule has 0 saturated carbocycles. The maximum absolute atomic E-state index is 12.5. The molecular formula is C13H19ClF2N2. The average molecular weight is 277 g/mol. The molecule has 1 rings (SSSR count). The van der Waals surface area contributed by atoms with E-state index in [4.69, 9.17) is 17.3 Å². The Balaban J connectivity index is 3.00. The van der Waals surface area contributed by atoms with Crippen molar-refractivity contribution in [3.05, 3.63) is 28.8 Å². The van der Waals surface area contributed by atoms with Gasteiger partial charge in [0.15, 0.2) is 0 Å². The van der Waals surface area contributed by atoms with E-state index in [1.54, 1.807) is 13.1 Å². The van der Waals surface area contributed by atoms with E-state index in [1.165, 1.54) is 4.90 Å². The molecule has 0 radical (unpaired) electrons. The van der Waals surface area contributed by atoms with Gasteiger partial charge >= 0.3 is 0 Å². The molecule has 18 heavy (non-hydrogen) atoms. The molecule has 1 aromatic rings. The molecule has 5 heteroatoms. The summed E-state index contributed by atoms with van der Waals surface area (Å²) in [6, 6.07) is 5.43. The van der Waals surface area contributed by atoms with E-state index in [2.05, 4.69) is 0 Å². The Kier molecular flexibility index (Phi) is 5.82. The molecule has 2 N–H and O–H groups in total. The Labute approximate surface area is 112 Å². The highest BCUT2D eigenvalue weighted by atomic mass is 35.5. The third-order valence-corrected chi connectivity index (χ3v) is 3.18. The van der Waals surface area contributed by atoms with E-state index < -0.39 is 6.43 Å². The summed E-state index contributed by atoms with van der Waals surface area (Å²) < 4.78 is 24.9. The number of hydrogen-bond donors (Lipinski definition) is 1. The summed E-state index contributed by atoms with van der Waals surface area (Å²) in [5.74, 6) is 0. The van der Waals surface area contributed by atoms with Crippen LogP contribution in [-0.4, -0.2) is 26.1 Å². The first kappa shape index (κ1) is 15.2. The molecule has 0 aliphatic heterocycles. The van der Waals surface area contributed by atoms with E-state index >= 15 is 0 Å². The first-order valence-corrected chi connectivity index (χ1v) is 6.35. The van der Waals surface area contributed by atoms with Crippen molar-refractivity contribution in [3.63, 3.8) is 0 Å². The van der Waals surface area contributed by atoms with E-state index in [1.807, 2.05) is 19.1 Å². The Morgan fingerprint density at radius 3 is 2.61 bits per heavy atom. The van der Waals surface area contributed by atoms with E-state index in [0.717, 1.165) is 12.0 Å². The fourth-order valence-electron chi connectivity index (χ4n) is 1.88. The monoisotopic (exact) mass is 276 g/mol. The Hall–Kier alpha value is -0.870. The van der Waals surface area contributed by atoms with Gasteiger partial charge in [-0.3, -0.25) is 0 Å². The lowest BCUT2D eigenvalue weighted by Gasteiger charge is -2.24. The van der Waals surface area contributed by atoms with Crippen molar-refractivity contribution >= 4 is 17.3 Å². The van der Waals surface area contributed by atoms with Crippen LogP contribution in [0.5, 0.6) is 0 Å². The van der Waals surface area contributed by atoms with Gasteiger partial charge in [-0.05, 0) is 24.5 Å². The molecule has 0 amide bonds. The van der Waals surface area contributed by atoms with Crippen LogP contribution >= 0.6 is 11.6 Å². The molecule has 1 atom stereocenters. The molecule has 1 unspecified atom stereocenters. The fourth-order valence-corrected chi connectivity index (χ4v) is 2.22. The lowest BCUT2D eigenvalue weighted by Crippen LogP contribution is -2.27. The molecule has 0 bridgehead atoms. The van der Waals surface area contributed by atoms with Crippen LogP contribution < -0.4 is 10.6 Å². The summed E-state index contributed by atoms with van der Waals surface area (Å²) in [6.07, 6.45) is -0.913. The van der Waals surface area contributed by atoms with Crippen molar-refractivity contribution < 1.29 is 8.78 Å². The van der Waals surface area contributed by atoms with Gasteiger partial charge in [-0.1, -0.05) is 30.7 Å². The quantitative estimate of drug-likeness (QED) is 0.864. The van der Waals surface area contributed by atoms with Crippen molar-refractivity contribution in [2.75, 3.05) is 18.5 Å². The predicted molar refractivity (Wildman–Crippen MR) is 72.7 cm³/mol. The predicted octanol–water partition coefficient (Wildman–Crippen LogP) is 3.32. The standard InChI is InChI=1S/C13H19ClF2N2/c1-3-10(17)7-9-5-4-6-11(14)13(9)18(2)8-12(15)16/h4-6,10,12H,3,7-8,17H2,1-2H3. The van der Waals surface area contributed by atoms with Gasteiger partial charge in [-0.25, -0.2) is 8.78 Å². The lowest BCUT2D eigenvalue weighted by molar-refractivity contribution is 0.156. The maximum Gasteiger partial charge on any atom is 0.255 e. The summed E-state index contributed by atoms with van der Waals surface area (Å²) in [5, 5.41) is 0.485. The number of nitrogens with two attached hydrogens (primary N) is 1. The van der Waals surface area contributed by atoms with Crippen LogP contribution in [0.4, 0.5) is 14.5 Å². The minimum absolute atomic E-state index is 0.0159. The summed E-state index contributed by atoms with van der Waals surface area (Å²) >= 11 is 6.11. The Bertz CT molecular complexity index is 385. The van der Waals surface area contributed by atoms with Crippen LogP contribution in [0.1, 0.15) is 18.9 Å². The highest BCUT2D eigenvalue weighted by molar-refractivity contribution is 6.33. The van der Waals surface area contributed by atoms with Crippen LogP contribution in [0.3, 0.4) is 0 Å². The van der Waals surface area contributed by atoms with Gasteiger partial charge in [0.2, 0.25) is 0 Å². The van der Waals surface area contributed by atoms with E-state index in [9.17, 15) is 8.78 Å². The highest BCUT2D eigenvalue weighted by Gasteiger charge is 2.16. The molecule has 0 aromatic heterocycles. The molecule has 102 valence electrons. The van der Waals surface area contributed by atoms with Gasteiger partial charge < -0.3 is 10.6 Å². The number of nitrogens with zero attached hydrogens (tertiary/aromatic N) is 1. The van der Waals surface area contributed by atoms with Gasteiger partial charge in [0.25, 0.3) is 6.43 Å². The van der Waals surface area contributed by atoms with E-state index in [0.29, 0.717) is 17.1 Å². The zero-order valence-electron chi connectivity index (χ0n) is 10.7. The Morgan fingerprint density at radius 1 is 1.39 bits per heavy atom. The topological polar surface area (TPSA) is 29.3 Å². The van der Waals surface area contributed by atoms with Crippen LogP contribution in [-0.2, 0) is 6.42 Å². The van der Waals surface area contributed by atoms with Crippen LogP contribution in [0.2, 0.25) is 5.02 Å².